The summed E-state index contributed by atoms with van der Waals surface area (Å²) in [4.78, 5) is 6.58. The number of rotatable bonds is 12. The van der Waals surface area contributed by atoms with Crippen LogP contribution in [-0.4, -0.2) is 58.3 Å². The van der Waals surface area contributed by atoms with Crippen LogP contribution in [0.5, 0.6) is 5.75 Å². The largest absolute Gasteiger partial charge is 0.489 e. The van der Waals surface area contributed by atoms with Gasteiger partial charge in [-0.3, -0.25) is 4.99 Å². The maximum absolute atomic E-state index is 5.91. The number of likely N-dealkylation sites (N-methyl/N-ethyl adjacent to an activating group) is 1. The zero-order valence-electron chi connectivity index (χ0n) is 18.3. The topological polar surface area (TPSA) is 58.1 Å². The van der Waals surface area contributed by atoms with Gasteiger partial charge in [-0.25, -0.2) is 0 Å². The lowest BCUT2D eigenvalue weighted by molar-refractivity contribution is 0.180. The number of methoxy groups -OCH3 is 1. The summed E-state index contributed by atoms with van der Waals surface area (Å²) in [7, 11) is 5.65. The van der Waals surface area contributed by atoms with Crippen LogP contribution in [-0.2, 0) is 17.9 Å². The molecule has 0 aliphatic carbocycles. The Morgan fingerprint density at radius 3 is 2.50 bits per heavy atom. The number of ether oxygens (including phenoxy) is 2. The molecule has 0 unspecified atom stereocenters. The van der Waals surface area contributed by atoms with Gasteiger partial charge in [0.05, 0.1) is 0 Å². The normalized spacial score (nSPS) is 11.1. The number of hydrogen-bond acceptors (Lipinski definition) is 4. The average Bonchev–Trinajstić information content (AvgIpc) is 2.76. The second kappa shape index (κ2) is 15.9. The summed E-state index contributed by atoms with van der Waals surface area (Å²) >= 11 is 0. The first-order chi connectivity index (χ1) is 14.2. The Balaban J connectivity index is 0.00000450. The Morgan fingerprint density at radius 2 is 1.77 bits per heavy atom. The molecule has 2 rings (SSSR count). The van der Waals surface area contributed by atoms with E-state index in [1.54, 1.807) is 14.2 Å². The summed E-state index contributed by atoms with van der Waals surface area (Å²) in [6.45, 7) is 4.87. The molecule has 0 aliphatic rings. The Labute approximate surface area is 198 Å². The molecule has 0 fully saturated rings. The van der Waals surface area contributed by atoms with Crippen LogP contribution < -0.4 is 15.4 Å². The number of benzene rings is 2. The van der Waals surface area contributed by atoms with Crippen LogP contribution in [0.2, 0.25) is 0 Å². The zero-order valence-corrected chi connectivity index (χ0v) is 20.6. The zero-order chi connectivity index (χ0) is 20.7. The van der Waals surface area contributed by atoms with Gasteiger partial charge in [0.15, 0.2) is 5.96 Å². The van der Waals surface area contributed by atoms with E-state index in [2.05, 4.69) is 51.8 Å². The van der Waals surface area contributed by atoms with E-state index in [-0.39, 0.29) is 24.0 Å². The van der Waals surface area contributed by atoms with E-state index in [1.165, 1.54) is 0 Å². The first kappa shape index (κ1) is 26.2. The van der Waals surface area contributed by atoms with Gasteiger partial charge < -0.3 is 25.0 Å². The molecular formula is C23H35IN4O2. The highest BCUT2D eigenvalue weighted by molar-refractivity contribution is 14.0. The minimum absolute atomic E-state index is 0. The molecule has 30 heavy (non-hydrogen) atoms. The highest BCUT2D eigenvalue weighted by Crippen LogP contribution is 2.15. The quantitative estimate of drug-likeness (QED) is 0.192. The fraction of sp³-hybridized carbons (Fsp3) is 0.435. The van der Waals surface area contributed by atoms with E-state index in [1.807, 2.05) is 30.3 Å². The monoisotopic (exact) mass is 526 g/mol. The molecule has 0 aromatic heterocycles. The molecular weight excluding hydrogens is 491 g/mol. The molecule has 2 aromatic carbocycles. The molecule has 0 saturated carbocycles. The van der Waals surface area contributed by atoms with Crippen molar-refractivity contribution < 1.29 is 9.47 Å². The van der Waals surface area contributed by atoms with Crippen LogP contribution >= 0.6 is 24.0 Å². The fourth-order valence-corrected chi connectivity index (χ4v) is 2.85. The lowest BCUT2D eigenvalue weighted by atomic mass is 10.2. The van der Waals surface area contributed by atoms with Crippen molar-refractivity contribution in [3.63, 3.8) is 0 Å². The van der Waals surface area contributed by atoms with Crippen molar-refractivity contribution in [3.8, 4) is 5.75 Å². The standard InChI is InChI=1S/C23H34N4O2.HI/c1-24-23(25-13-15-27(2)14-8-16-28-3)26-18-21-11-7-12-22(17-21)29-19-20-9-5-4-6-10-20;/h4-7,9-12,17H,8,13-16,18-19H2,1-3H3,(H2,24,25,26);1H. The van der Waals surface area contributed by atoms with Crippen molar-refractivity contribution >= 4 is 29.9 Å². The van der Waals surface area contributed by atoms with Gasteiger partial charge in [0.1, 0.15) is 12.4 Å². The van der Waals surface area contributed by atoms with Gasteiger partial charge in [-0.1, -0.05) is 42.5 Å². The molecule has 0 heterocycles. The lowest BCUT2D eigenvalue weighted by Crippen LogP contribution is -2.40. The molecule has 0 saturated heterocycles. The molecule has 0 bridgehead atoms. The summed E-state index contributed by atoms with van der Waals surface area (Å²) in [6, 6.07) is 18.3. The Bertz CT molecular complexity index is 728. The van der Waals surface area contributed by atoms with Gasteiger partial charge in [-0.2, -0.15) is 0 Å². The van der Waals surface area contributed by atoms with Crippen molar-refractivity contribution in [3.05, 3.63) is 65.7 Å². The summed E-state index contributed by atoms with van der Waals surface area (Å²) in [5, 5.41) is 6.71. The molecule has 0 atom stereocenters. The molecule has 2 N–H and O–H groups in total. The van der Waals surface area contributed by atoms with Gasteiger partial charge in [0.2, 0.25) is 0 Å². The van der Waals surface area contributed by atoms with Crippen molar-refractivity contribution in [2.75, 3.05) is 47.4 Å². The highest BCUT2D eigenvalue weighted by atomic mass is 127. The van der Waals surface area contributed by atoms with Crippen LogP contribution in [0.1, 0.15) is 17.5 Å². The van der Waals surface area contributed by atoms with Crippen molar-refractivity contribution in [2.24, 2.45) is 4.99 Å². The van der Waals surface area contributed by atoms with Crippen molar-refractivity contribution in [1.29, 1.82) is 0 Å². The minimum Gasteiger partial charge on any atom is -0.489 e. The second-order valence-corrected chi connectivity index (χ2v) is 6.92. The Kier molecular flexibility index (Phi) is 13.9. The number of halogens is 1. The first-order valence-corrected chi connectivity index (χ1v) is 10.1. The van der Waals surface area contributed by atoms with Crippen molar-refractivity contribution in [1.82, 2.24) is 15.5 Å². The molecule has 0 spiro atoms. The highest BCUT2D eigenvalue weighted by Gasteiger charge is 2.02. The number of nitrogens with one attached hydrogen (secondary N) is 2. The van der Waals surface area contributed by atoms with Crippen LogP contribution in [0.4, 0.5) is 0 Å². The third kappa shape index (κ3) is 10.8. The SMILES string of the molecule is CN=C(NCCN(C)CCCOC)NCc1cccc(OCc2ccccc2)c1.I. The number of nitrogens with zero attached hydrogens (tertiary/aromatic N) is 2. The third-order valence-electron chi connectivity index (χ3n) is 4.50. The summed E-state index contributed by atoms with van der Waals surface area (Å²) < 4.78 is 11.0. The molecule has 0 radical (unpaired) electrons. The molecule has 7 heteroatoms. The predicted octanol–water partition coefficient (Wildman–Crippen LogP) is 3.52. The molecule has 166 valence electrons. The van der Waals surface area contributed by atoms with E-state index >= 15 is 0 Å². The van der Waals surface area contributed by atoms with Gasteiger partial charge in [-0.15, -0.1) is 24.0 Å². The predicted molar refractivity (Wildman–Crippen MR) is 135 cm³/mol. The summed E-state index contributed by atoms with van der Waals surface area (Å²) in [5.74, 6) is 1.67. The van der Waals surface area contributed by atoms with Crippen LogP contribution in [0.3, 0.4) is 0 Å². The maximum Gasteiger partial charge on any atom is 0.191 e. The molecule has 0 amide bonds. The van der Waals surface area contributed by atoms with E-state index in [9.17, 15) is 0 Å². The Hall–Kier alpha value is -1.84. The number of aliphatic imine (C=N–C) groups is 1. The van der Waals surface area contributed by atoms with Gasteiger partial charge in [-0.05, 0) is 36.7 Å². The van der Waals surface area contributed by atoms with Crippen LogP contribution in [0.25, 0.3) is 0 Å². The molecule has 6 nitrogen and oxygen atoms in total. The van der Waals surface area contributed by atoms with E-state index in [4.69, 9.17) is 9.47 Å². The number of guanidine groups is 1. The van der Waals surface area contributed by atoms with Gasteiger partial charge in [0.25, 0.3) is 0 Å². The van der Waals surface area contributed by atoms with Gasteiger partial charge >= 0.3 is 0 Å². The fourth-order valence-electron chi connectivity index (χ4n) is 2.85. The van der Waals surface area contributed by atoms with E-state index in [0.717, 1.165) is 55.5 Å². The maximum atomic E-state index is 5.91. The molecule has 0 aliphatic heterocycles. The molecule has 2 aromatic rings. The van der Waals surface area contributed by atoms with Crippen LogP contribution in [0.15, 0.2) is 59.6 Å². The smallest absolute Gasteiger partial charge is 0.191 e. The van der Waals surface area contributed by atoms with Crippen molar-refractivity contribution in [2.45, 2.75) is 19.6 Å². The Morgan fingerprint density at radius 1 is 1.00 bits per heavy atom. The first-order valence-electron chi connectivity index (χ1n) is 10.1. The third-order valence-corrected chi connectivity index (χ3v) is 4.50. The van der Waals surface area contributed by atoms with E-state index < -0.39 is 0 Å². The second-order valence-electron chi connectivity index (χ2n) is 6.92. The average molecular weight is 526 g/mol. The van der Waals surface area contributed by atoms with E-state index in [0.29, 0.717) is 13.2 Å². The van der Waals surface area contributed by atoms with Gasteiger partial charge in [0, 0.05) is 46.9 Å². The summed E-state index contributed by atoms with van der Waals surface area (Å²) in [5.41, 5.74) is 2.31. The lowest BCUT2D eigenvalue weighted by Gasteiger charge is -2.18. The minimum atomic E-state index is 0. The summed E-state index contributed by atoms with van der Waals surface area (Å²) in [6.07, 6.45) is 1.04. The number of hydrogen-bond donors (Lipinski definition) is 2. The van der Waals surface area contributed by atoms with Crippen LogP contribution in [0, 0.1) is 0 Å².